The lowest BCUT2D eigenvalue weighted by Gasteiger charge is -2.28. The van der Waals surface area contributed by atoms with E-state index in [1.54, 1.807) is 6.20 Å². The highest BCUT2D eigenvalue weighted by molar-refractivity contribution is 7.69. The number of nitrogens with zero attached hydrogens (tertiary/aromatic N) is 3. The van der Waals surface area contributed by atoms with Gasteiger partial charge in [-0.1, -0.05) is 29.3 Å². The summed E-state index contributed by atoms with van der Waals surface area (Å²) in [7, 11) is 0.406. The van der Waals surface area contributed by atoms with Crippen LogP contribution in [-0.2, 0) is 0 Å². The minimum absolute atomic E-state index is 0.124. The number of anilines is 2. The van der Waals surface area contributed by atoms with Crippen molar-refractivity contribution in [3.8, 4) is 0 Å². The second-order valence-electron chi connectivity index (χ2n) is 5.80. The number of benzene rings is 1. The van der Waals surface area contributed by atoms with Crippen LogP contribution in [0.3, 0.4) is 0 Å². The third-order valence-corrected chi connectivity index (χ3v) is 4.87. The zero-order valence-electron chi connectivity index (χ0n) is 13.4. The molecule has 1 amide bonds. The molecule has 1 aliphatic rings. The Balaban J connectivity index is 1.94. The number of aromatic nitrogens is 2. The molecule has 7 heteroatoms. The lowest BCUT2D eigenvalue weighted by atomic mass is 9.95. The molecule has 117 valence electrons. The minimum atomic E-state index is 0.124. The van der Waals surface area contributed by atoms with Crippen LogP contribution in [0, 0.1) is 5.92 Å². The van der Waals surface area contributed by atoms with Crippen molar-refractivity contribution in [2.45, 2.75) is 26.7 Å². The molecule has 0 fully saturated rings. The van der Waals surface area contributed by atoms with E-state index >= 15 is 0 Å². The molecule has 0 saturated carbocycles. The van der Waals surface area contributed by atoms with Gasteiger partial charge in [-0.3, -0.25) is 4.79 Å². The van der Waals surface area contributed by atoms with Crippen LogP contribution in [0.15, 0.2) is 36.8 Å². The molecule has 2 atom stereocenters. The molecule has 5 nitrogen and oxygen atoms in total. The largest absolute Gasteiger partial charge is 0.340 e. The summed E-state index contributed by atoms with van der Waals surface area (Å²) in [6.45, 7) is 8.36. The average Bonchev–Trinajstić information content (AvgIpc) is 2.81. The molecule has 1 aromatic heterocycles. The molecule has 2 unspecified atom stereocenters. The highest BCUT2D eigenvalue weighted by Gasteiger charge is 2.37. The van der Waals surface area contributed by atoms with Crippen molar-refractivity contribution in [3.63, 3.8) is 0 Å². The number of amides is 1. The lowest BCUT2D eigenvalue weighted by molar-refractivity contribution is 0.0844. The molecule has 1 radical (unpaired) electrons. The Morgan fingerprint density at radius 3 is 2.83 bits per heavy atom. The first-order chi connectivity index (χ1) is 11.1. The molecule has 0 saturated heterocycles. The molecule has 0 bridgehead atoms. The van der Waals surface area contributed by atoms with E-state index in [1.807, 2.05) is 29.7 Å². The second kappa shape index (κ2) is 6.67. The van der Waals surface area contributed by atoms with Crippen LogP contribution in [0.4, 0.5) is 11.5 Å². The fourth-order valence-corrected chi connectivity index (χ4v) is 4.04. The second-order valence-corrected chi connectivity index (χ2v) is 7.12. The summed E-state index contributed by atoms with van der Waals surface area (Å²) in [5.74, 6) is 1.23. The van der Waals surface area contributed by atoms with Crippen molar-refractivity contribution in [2.75, 3.05) is 5.32 Å². The first-order valence-electron chi connectivity index (χ1n) is 7.66. The molecule has 3 rings (SSSR count). The van der Waals surface area contributed by atoms with E-state index in [9.17, 15) is 4.79 Å². The summed E-state index contributed by atoms with van der Waals surface area (Å²) >= 11 is 0. The molecule has 23 heavy (non-hydrogen) atoms. The first kappa shape index (κ1) is 15.9. The average molecular weight is 325 g/mol. The molecule has 1 aliphatic heterocycles. The quantitative estimate of drug-likeness (QED) is 0.674. The number of hydrogen-bond donors (Lipinski definition) is 1. The molecule has 0 spiro atoms. The third-order valence-electron chi connectivity index (χ3n) is 3.85. The van der Waals surface area contributed by atoms with Crippen LogP contribution in [0.2, 0.25) is 6.82 Å². The Hall–Kier alpha value is -1.94. The predicted octanol–water partition coefficient (Wildman–Crippen LogP) is 3.63. The molecular weight excluding hydrogens is 306 g/mol. The predicted molar refractivity (Wildman–Crippen MR) is 95.4 cm³/mol. The standard InChI is InChI=1S/C16H19BN4OP/c1-10(2)15-13-8-11(20-14-6-7-18-9-19-14)4-5-12(13)16(22)21(15)23-17-3/h4-10,15,23H,1-3H3,(H,18,19,20). The van der Waals surface area contributed by atoms with Gasteiger partial charge in [-0.25, -0.2) is 9.97 Å². The molecular formula is C16H19BN4OP. The van der Waals surface area contributed by atoms with Gasteiger partial charge in [0, 0.05) is 17.4 Å². The number of carbonyl (C=O) groups excluding carboxylic acids is 1. The van der Waals surface area contributed by atoms with Crippen LogP contribution in [0.1, 0.15) is 35.8 Å². The van der Waals surface area contributed by atoms with Crippen molar-refractivity contribution < 1.29 is 4.79 Å². The van der Waals surface area contributed by atoms with E-state index < -0.39 is 0 Å². The molecule has 2 aromatic rings. The molecule has 1 N–H and O–H groups in total. The van der Waals surface area contributed by atoms with Gasteiger partial charge in [0.15, 0.2) is 7.00 Å². The lowest BCUT2D eigenvalue weighted by Crippen LogP contribution is -2.23. The zero-order chi connectivity index (χ0) is 16.4. The van der Waals surface area contributed by atoms with Gasteiger partial charge in [-0.15, -0.1) is 0 Å². The highest BCUT2D eigenvalue weighted by Crippen LogP contribution is 2.45. The number of carbonyl (C=O) groups is 1. The van der Waals surface area contributed by atoms with Crippen LogP contribution < -0.4 is 5.32 Å². The Bertz CT molecular complexity index is 710. The Morgan fingerprint density at radius 2 is 2.17 bits per heavy atom. The van der Waals surface area contributed by atoms with Crippen LogP contribution in [0.25, 0.3) is 0 Å². The van der Waals surface area contributed by atoms with Gasteiger partial charge in [0.1, 0.15) is 12.1 Å². The Morgan fingerprint density at radius 1 is 1.35 bits per heavy atom. The van der Waals surface area contributed by atoms with E-state index in [4.69, 9.17) is 0 Å². The Labute approximate surface area is 138 Å². The third kappa shape index (κ3) is 3.09. The van der Waals surface area contributed by atoms with Crippen molar-refractivity contribution in [3.05, 3.63) is 47.9 Å². The zero-order valence-corrected chi connectivity index (χ0v) is 14.4. The van der Waals surface area contributed by atoms with E-state index in [0.717, 1.165) is 22.6 Å². The molecule has 0 aliphatic carbocycles. The van der Waals surface area contributed by atoms with Crippen molar-refractivity contribution >= 4 is 33.0 Å². The fourth-order valence-electron chi connectivity index (χ4n) is 2.92. The van der Waals surface area contributed by atoms with Gasteiger partial charge in [0.25, 0.3) is 5.91 Å². The molecule has 2 heterocycles. The van der Waals surface area contributed by atoms with E-state index in [0.29, 0.717) is 14.5 Å². The smallest absolute Gasteiger partial charge is 0.257 e. The summed E-state index contributed by atoms with van der Waals surface area (Å²) in [6.07, 6.45) is 3.21. The summed E-state index contributed by atoms with van der Waals surface area (Å²) in [6, 6.07) is 7.85. The first-order valence-corrected chi connectivity index (χ1v) is 8.69. The number of rotatable bonds is 5. The summed E-state index contributed by atoms with van der Waals surface area (Å²) in [5, 5.41) is 3.27. The van der Waals surface area contributed by atoms with Gasteiger partial charge >= 0.3 is 0 Å². The van der Waals surface area contributed by atoms with Crippen LogP contribution in [0.5, 0.6) is 0 Å². The van der Waals surface area contributed by atoms with Gasteiger partial charge in [-0.2, -0.15) is 0 Å². The summed E-state index contributed by atoms with van der Waals surface area (Å²) in [4.78, 5) is 20.7. The van der Waals surface area contributed by atoms with E-state index in [2.05, 4.69) is 42.2 Å². The maximum absolute atomic E-state index is 12.6. The van der Waals surface area contributed by atoms with Crippen LogP contribution >= 0.6 is 8.61 Å². The van der Waals surface area contributed by atoms with Crippen molar-refractivity contribution in [2.24, 2.45) is 5.92 Å². The van der Waals surface area contributed by atoms with E-state index in [-0.39, 0.29) is 11.9 Å². The highest BCUT2D eigenvalue weighted by atomic mass is 31.1. The van der Waals surface area contributed by atoms with Gasteiger partial charge in [0.05, 0.1) is 6.04 Å². The van der Waals surface area contributed by atoms with Crippen LogP contribution in [-0.4, -0.2) is 27.5 Å². The van der Waals surface area contributed by atoms with Crippen molar-refractivity contribution in [1.82, 2.24) is 14.6 Å². The normalized spacial score (nSPS) is 17.1. The SMILES string of the molecule is C[B]PN1C(=O)c2ccc(Nc3ccncn3)cc2C1C(C)C. The monoisotopic (exact) mass is 325 g/mol. The number of fused-ring (bicyclic) bond motifs is 1. The summed E-state index contributed by atoms with van der Waals surface area (Å²) in [5.41, 5.74) is 2.84. The van der Waals surface area contributed by atoms with Gasteiger partial charge in [-0.05, 0) is 35.7 Å². The maximum atomic E-state index is 12.6. The Kier molecular flexibility index (Phi) is 4.62. The summed E-state index contributed by atoms with van der Waals surface area (Å²) < 4.78 is 1.98. The number of hydrogen-bond acceptors (Lipinski definition) is 4. The number of nitrogens with one attached hydrogen (secondary N) is 1. The topological polar surface area (TPSA) is 58.1 Å². The fraction of sp³-hybridized carbons (Fsp3) is 0.312. The van der Waals surface area contributed by atoms with E-state index in [1.165, 1.54) is 6.33 Å². The van der Waals surface area contributed by atoms with Crippen molar-refractivity contribution in [1.29, 1.82) is 0 Å². The van der Waals surface area contributed by atoms with Gasteiger partial charge < -0.3 is 9.99 Å². The minimum Gasteiger partial charge on any atom is -0.340 e. The maximum Gasteiger partial charge on any atom is 0.257 e. The molecule has 1 aromatic carbocycles. The van der Waals surface area contributed by atoms with Gasteiger partial charge in [0.2, 0.25) is 0 Å².